The molecule has 0 radical (unpaired) electrons. The van der Waals surface area contributed by atoms with E-state index in [1.807, 2.05) is 12.1 Å². The van der Waals surface area contributed by atoms with Gasteiger partial charge in [-0.1, -0.05) is 6.07 Å². The molecule has 0 unspecified atom stereocenters. The van der Waals surface area contributed by atoms with Crippen LogP contribution in [0.3, 0.4) is 0 Å². The van der Waals surface area contributed by atoms with Crippen molar-refractivity contribution in [2.75, 3.05) is 18.9 Å². The zero-order valence-electron chi connectivity index (χ0n) is 10.9. The fraction of sp³-hybridized carbons (Fsp3) is 0.133. The van der Waals surface area contributed by atoms with E-state index in [0.717, 1.165) is 0 Å². The van der Waals surface area contributed by atoms with E-state index in [0.29, 0.717) is 30.3 Å². The highest BCUT2D eigenvalue weighted by molar-refractivity contribution is 5.91. The molecule has 20 heavy (non-hydrogen) atoms. The van der Waals surface area contributed by atoms with Crippen LogP contribution in [0.2, 0.25) is 0 Å². The second kappa shape index (κ2) is 7.04. The molecule has 0 atom stereocenters. The average Bonchev–Trinajstić information content (AvgIpc) is 2.95. The van der Waals surface area contributed by atoms with Crippen LogP contribution in [0.15, 0.2) is 53.2 Å². The van der Waals surface area contributed by atoms with E-state index in [-0.39, 0.29) is 5.91 Å². The Balaban J connectivity index is 1.67. The number of anilines is 1. The highest BCUT2D eigenvalue weighted by atomic mass is 16.5. The fourth-order valence-corrected chi connectivity index (χ4v) is 1.55. The van der Waals surface area contributed by atoms with E-state index in [1.54, 1.807) is 36.6 Å². The number of nitrogens with two attached hydrogens (primary N) is 1. The third kappa shape index (κ3) is 4.53. The van der Waals surface area contributed by atoms with Crippen LogP contribution in [0.1, 0.15) is 5.76 Å². The third-order valence-electron chi connectivity index (χ3n) is 2.47. The summed E-state index contributed by atoms with van der Waals surface area (Å²) >= 11 is 0. The van der Waals surface area contributed by atoms with Crippen molar-refractivity contribution < 1.29 is 13.9 Å². The maximum Gasteiger partial charge on any atom is 0.244 e. The van der Waals surface area contributed by atoms with Crippen molar-refractivity contribution in [3.05, 3.63) is 54.5 Å². The van der Waals surface area contributed by atoms with Gasteiger partial charge >= 0.3 is 0 Å². The zero-order valence-corrected chi connectivity index (χ0v) is 10.9. The summed E-state index contributed by atoms with van der Waals surface area (Å²) in [6, 6.07) is 10.7. The van der Waals surface area contributed by atoms with Crippen molar-refractivity contribution in [3.8, 4) is 5.75 Å². The summed E-state index contributed by atoms with van der Waals surface area (Å²) in [5.74, 6) is 1.12. The van der Waals surface area contributed by atoms with E-state index in [4.69, 9.17) is 14.9 Å². The Labute approximate surface area is 117 Å². The number of benzene rings is 1. The van der Waals surface area contributed by atoms with Gasteiger partial charge in [-0.3, -0.25) is 4.79 Å². The lowest BCUT2D eigenvalue weighted by Gasteiger charge is -2.06. The van der Waals surface area contributed by atoms with Crippen molar-refractivity contribution in [1.82, 2.24) is 5.32 Å². The van der Waals surface area contributed by atoms with Crippen LogP contribution in [0.25, 0.3) is 6.08 Å². The van der Waals surface area contributed by atoms with Crippen molar-refractivity contribution in [2.24, 2.45) is 0 Å². The number of hydrogen-bond acceptors (Lipinski definition) is 4. The molecule has 1 aromatic carbocycles. The number of nitrogens with one attached hydrogen (secondary N) is 1. The first-order valence-electron chi connectivity index (χ1n) is 6.22. The predicted molar refractivity (Wildman–Crippen MR) is 77.1 cm³/mol. The summed E-state index contributed by atoms with van der Waals surface area (Å²) in [5, 5.41) is 2.71. The number of rotatable bonds is 6. The standard InChI is InChI=1S/C15H16N2O3/c16-12-3-1-4-14(11-12)20-10-8-17-15(18)7-6-13-5-2-9-19-13/h1-7,9,11H,8,10,16H2,(H,17,18). The van der Waals surface area contributed by atoms with Crippen molar-refractivity contribution in [3.63, 3.8) is 0 Å². The molecule has 1 aromatic heterocycles. The maximum atomic E-state index is 11.5. The van der Waals surface area contributed by atoms with Crippen molar-refractivity contribution in [2.45, 2.75) is 0 Å². The van der Waals surface area contributed by atoms with Crippen LogP contribution in [0, 0.1) is 0 Å². The molecular weight excluding hydrogens is 256 g/mol. The van der Waals surface area contributed by atoms with Gasteiger partial charge in [0.2, 0.25) is 5.91 Å². The summed E-state index contributed by atoms with van der Waals surface area (Å²) in [7, 11) is 0. The normalized spacial score (nSPS) is 10.6. The molecule has 0 fully saturated rings. The molecule has 3 N–H and O–H groups in total. The van der Waals surface area contributed by atoms with Crippen LogP contribution < -0.4 is 15.8 Å². The Bertz CT molecular complexity index is 577. The number of amides is 1. The van der Waals surface area contributed by atoms with E-state index in [9.17, 15) is 4.79 Å². The van der Waals surface area contributed by atoms with Gasteiger partial charge in [-0.05, 0) is 30.3 Å². The van der Waals surface area contributed by atoms with Gasteiger partial charge in [0.1, 0.15) is 18.1 Å². The number of carbonyl (C=O) groups is 1. The van der Waals surface area contributed by atoms with Gasteiger partial charge in [0.05, 0.1) is 12.8 Å². The highest BCUT2D eigenvalue weighted by Gasteiger charge is 1.97. The third-order valence-corrected chi connectivity index (χ3v) is 2.47. The van der Waals surface area contributed by atoms with Gasteiger partial charge in [-0.25, -0.2) is 0 Å². The van der Waals surface area contributed by atoms with Gasteiger partial charge in [-0.2, -0.15) is 0 Å². The summed E-state index contributed by atoms with van der Waals surface area (Å²) in [6.45, 7) is 0.792. The summed E-state index contributed by atoms with van der Waals surface area (Å²) in [5.41, 5.74) is 6.28. The molecule has 1 amide bonds. The number of ether oxygens (including phenoxy) is 1. The first kappa shape index (κ1) is 13.7. The Morgan fingerprint density at radius 2 is 2.25 bits per heavy atom. The van der Waals surface area contributed by atoms with Crippen molar-refractivity contribution >= 4 is 17.7 Å². The minimum Gasteiger partial charge on any atom is -0.492 e. The fourth-order valence-electron chi connectivity index (χ4n) is 1.55. The number of carbonyl (C=O) groups excluding carboxylic acids is 1. The van der Waals surface area contributed by atoms with Gasteiger partial charge in [0, 0.05) is 17.8 Å². The first-order chi connectivity index (χ1) is 9.74. The number of furan rings is 1. The molecule has 0 saturated carbocycles. The van der Waals surface area contributed by atoms with Gasteiger partial charge in [0.15, 0.2) is 0 Å². The molecule has 2 aromatic rings. The summed E-state index contributed by atoms with van der Waals surface area (Å²) in [4.78, 5) is 11.5. The van der Waals surface area contributed by atoms with E-state index in [1.165, 1.54) is 6.08 Å². The predicted octanol–water partition coefficient (Wildman–Crippen LogP) is 2.07. The van der Waals surface area contributed by atoms with Crippen LogP contribution in [0.5, 0.6) is 5.75 Å². The van der Waals surface area contributed by atoms with Gasteiger partial charge in [0.25, 0.3) is 0 Å². The van der Waals surface area contributed by atoms with Gasteiger partial charge in [-0.15, -0.1) is 0 Å². The van der Waals surface area contributed by atoms with Crippen molar-refractivity contribution in [1.29, 1.82) is 0 Å². The number of hydrogen-bond donors (Lipinski definition) is 2. The smallest absolute Gasteiger partial charge is 0.244 e. The largest absolute Gasteiger partial charge is 0.492 e. The van der Waals surface area contributed by atoms with Crippen LogP contribution in [0.4, 0.5) is 5.69 Å². The lowest BCUT2D eigenvalue weighted by Crippen LogP contribution is -2.26. The molecular formula is C15H16N2O3. The Morgan fingerprint density at radius 3 is 3.00 bits per heavy atom. The molecule has 5 nitrogen and oxygen atoms in total. The molecule has 0 aliphatic heterocycles. The SMILES string of the molecule is Nc1cccc(OCCNC(=O)C=Cc2ccco2)c1. The Hall–Kier alpha value is -2.69. The molecule has 0 spiro atoms. The summed E-state index contributed by atoms with van der Waals surface area (Å²) < 4.78 is 10.5. The minimum atomic E-state index is -0.197. The van der Waals surface area contributed by atoms with Gasteiger partial charge < -0.3 is 20.2 Å². The second-order valence-corrected chi connectivity index (χ2v) is 4.06. The zero-order chi connectivity index (χ0) is 14.2. The topological polar surface area (TPSA) is 77.5 Å². The lowest BCUT2D eigenvalue weighted by atomic mass is 10.3. The van der Waals surface area contributed by atoms with Crippen LogP contribution in [-0.2, 0) is 4.79 Å². The molecule has 0 aliphatic rings. The van der Waals surface area contributed by atoms with Crippen LogP contribution >= 0.6 is 0 Å². The quantitative estimate of drug-likeness (QED) is 0.479. The molecule has 0 saturated heterocycles. The molecule has 0 bridgehead atoms. The summed E-state index contributed by atoms with van der Waals surface area (Å²) in [6.07, 6.45) is 4.57. The van der Waals surface area contributed by atoms with E-state index in [2.05, 4.69) is 5.32 Å². The molecule has 104 valence electrons. The molecule has 1 heterocycles. The molecule has 2 rings (SSSR count). The Kier molecular flexibility index (Phi) is 4.83. The highest BCUT2D eigenvalue weighted by Crippen LogP contribution is 2.13. The average molecular weight is 272 g/mol. The minimum absolute atomic E-state index is 0.197. The lowest BCUT2D eigenvalue weighted by molar-refractivity contribution is -0.116. The second-order valence-electron chi connectivity index (χ2n) is 4.06. The Morgan fingerprint density at radius 1 is 1.35 bits per heavy atom. The monoisotopic (exact) mass is 272 g/mol. The molecule has 0 aliphatic carbocycles. The van der Waals surface area contributed by atoms with E-state index >= 15 is 0 Å². The van der Waals surface area contributed by atoms with Crippen LogP contribution in [-0.4, -0.2) is 19.1 Å². The van der Waals surface area contributed by atoms with E-state index < -0.39 is 0 Å². The molecule has 5 heteroatoms. The maximum absolute atomic E-state index is 11.5. The first-order valence-corrected chi connectivity index (χ1v) is 6.22. The number of nitrogen functional groups attached to an aromatic ring is 1.